The lowest BCUT2D eigenvalue weighted by Crippen LogP contribution is -2.43. The quantitative estimate of drug-likeness (QED) is 0.872. The number of aryl methyl sites for hydroxylation is 2. The number of carboxylic acids is 1. The van der Waals surface area contributed by atoms with E-state index in [0.717, 1.165) is 47.0 Å². The van der Waals surface area contributed by atoms with Crippen molar-refractivity contribution in [1.29, 1.82) is 0 Å². The van der Waals surface area contributed by atoms with E-state index in [1.165, 1.54) is 0 Å². The molecule has 0 radical (unpaired) electrons. The molecular formula is C13H20BrN3O2S. The lowest BCUT2D eigenvalue weighted by Gasteiger charge is -2.34. The predicted molar refractivity (Wildman–Crippen MR) is 84.1 cm³/mol. The molecule has 0 amide bonds. The van der Waals surface area contributed by atoms with E-state index >= 15 is 0 Å². The lowest BCUT2D eigenvalue weighted by molar-refractivity contribution is -0.138. The van der Waals surface area contributed by atoms with Crippen LogP contribution in [0, 0.1) is 6.92 Å². The topological polar surface area (TPSA) is 58.4 Å². The first-order chi connectivity index (χ1) is 9.52. The minimum absolute atomic E-state index is 0.110. The van der Waals surface area contributed by atoms with E-state index in [1.807, 2.05) is 23.4 Å². The molecule has 1 N–H and O–H groups in total. The third-order valence-electron chi connectivity index (χ3n) is 3.57. The number of hydrogen-bond acceptors (Lipinski definition) is 4. The van der Waals surface area contributed by atoms with Crippen LogP contribution in [0.2, 0.25) is 0 Å². The number of hydrogen-bond donors (Lipinski definition) is 1. The van der Waals surface area contributed by atoms with E-state index in [4.69, 9.17) is 5.11 Å². The van der Waals surface area contributed by atoms with E-state index < -0.39 is 5.97 Å². The van der Waals surface area contributed by atoms with Crippen molar-refractivity contribution in [3.63, 3.8) is 0 Å². The Kier molecular flexibility index (Phi) is 5.51. The van der Waals surface area contributed by atoms with Crippen LogP contribution in [-0.4, -0.2) is 49.8 Å². The van der Waals surface area contributed by atoms with Crippen molar-refractivity contribution < 1.29 is 9.90 Å². The van der Waals surface area contributed by atoms with Crippen molar-refractivity contribution in [2.75, 3.05) is 18.1 Å². The van der Waals surface area contributed by atoms with Crippen LogP contribution in [0.5, 0.6) is 0 Å². The zero-order chi connectivity index (χ0) is 14.7. The van der Waals surface area contributed by atoms with Crippen LogP contribution in [0.3, 0.4) is 0 Å². The molecule has 0 aliphatic carbocycles. The minimum Gasteiger partial charge on any atom is -0.481 e. The molecule has 1 saturated heterocycles. The minimum atomic E-state index is -0.721. The van der Waals surface area contributed by atoms with E-state index in [0.29, 0.717) is 0 Å². The van der Waals surface area contributed by atoms with E-state index in [9.17, 15) is 4.79 Å². The number of aromatic nitrogens is 2. The first-order valence-corrected chi connectivity index (χ1v) is 8.73. The number of carbonyl (C=O) groups is 1. The van der Waals surface area contributed by atoms with Crippen LogP contribution in [0.1, 0.15) is 24.7 Å². The van der Waals surface area contributed by atoms with Gasteiger partial charge < -0.3 is 5.11 Å². The van der Waals surface area contributed by atoms with Gasteiger partial charge in [-0.15, -0.1) is 0 Å². The fourth-order valence-electron chi connectivity index (χ4n) is 2.50. The van der Waals surface area contributed by atoms with E-state index in [2.05, 4.69) is 32.9 Å². The first kappa shape index (κ1) is 15.9. The van der Waals surface area contributed by atoms with Gasteiger partial charge in [0.1, 0.15) is 0 Å². The summed E-state index contributed by atoms with van der Waals surface area (Å²) in [4.78, 5) is 13.3. The van der Waals surface area contributed by atoms with Gasteiger partial charge in [-0.1, -0.05) is 0 Å². The van der Waals surface area contributed by atoms with Gasteiger partial charge in [0.05, 0.1) is 22.3 Å². The summed E-state index contributed by atoms with van der Waals surface area (Å²) < 4.78 is 3.05. The Bertz CT molecular complexity index is 492. The molecule has 2 heterocycles. The summed E-state index contributed by atoms with van der Waals surface area (Å²) in [6.45, 7) is 6.58. The van der Waals surface area contributed by atoms with Crippen LogP contribution >= 0.6 is 27.7 Å². The summed E-state index contributed by atoms with van der Waals surface area (Å²) in [5.41, 5.74) is 2.13. The monoisotopic (exact) mass is 361 g/mol. The Morgan fingerprint density at radius 2 is 2.35 bits per heavy atom. The maximum absolute atomic E-state index is 11.0. The van der Waals surface area contributed by atoms with Gasteiger partial charge in [0, 0.05) is 37.2 Å². The molecule has 1 fully saturated rings. The summed E-state index contributed by atoms with van der Waals surface area (Å²) in [7, 11) is 0. The second-order valence-electron chi connectivity index (χ2n) is 4.96. The van der Waals surface area contributed by atoms with Crippen molar-refractivity contribution in [3.8, 4) is 0 Å². The third-order valence-corrected chi connectivity index (χ3v) is 5.69. The maximum atomic E-state index is 11.0. The van der Waals surface area contributed by atoms with E-state index in [1.54, 1.807) is 0 Å². The second kappa shape index (κ2) is 6.95. The Hall–Kier alpha value is -0.530. The van der Waals surface area contributed by atoms with Gasteiger partial charge in [-0.2, -0.15) is 16.9 Å². The molecule has 20 heavy (non-hydrogen) atoms. The van der Waals surface area contributed by atoms with Crippen LogP contribution in [0.4, 0.5) is 0 Å². The van der Waals surface area contributed by atoms with E-state index in [-0.39, 0.29) is 12.5 Å². The van der Waals surface area contributed by atoms with Crippen LogP contribution in [0.25, 0.3) is 0 Å². The highest BCUT2D eigenvalue weighted by atomic mass is 79.9. The van der Waals surface area contributed by atoms with Gasteiger partial charge in [-0.25, -0.2) is 0 Å². The number of nitrogens with zero attached hydrogens (tertiary/aromatic N) is 3. The van der Waals surface area contributed by atoms with Crippen molar-refractivity contribution in [2.24, 2.45) is 0 Å². The second-order valence-corrected chi connectivity index (χ2v) is 6.90. The van der Waals surface area contributed by atoms with Crippen molar-refractivity contribution in [1.82, 2.24) is 14.7 Å². The Morgan fingerprint density at radius 1 is 1.60 bits per heavy atom. The fourth-order valence-corrected chi connectivity index (χ4v) is 4.04. The van der Waals surface area contributed by atoms with Crippen LogP contribution in [-0.2, 0) is 17.9 Å². The smallest absolute Gasteiger partial charge is 0.304 e. The van der Waals surface area contributed by atoms with Gasteiger partial charge >= 0.3 is 5.97 Å². The number of halogens is 1. The summed E-state index contributed by atoms with van der Waals surface area (Å²) in [5.74, 6) is 1.23. The normalized spacial score (nSPS) is 20.2. The van der Waals surface area contributed by atoms with Crippen molar-refractivity contribution in [2.45, 2.75) is 39.4 Å². The predicted octanol–water partition coefficient (Wildman–Crippen LogP) is 2.37. The molecule has 1 aliphatic heterocycles. The third kappa shape index (κ3) is 3.56. The van der Waals surface area contributed by atoms with Gasteiger partial charge in [0.25, 0.3) is 0 Å². The lowest BCUT2D eigenvalue weighted by atomic mass is 10.2. The molecule has 0 saturated carbocycles. The fraction of sp³-hybridized carbons (Fsp3) is 0.692. The highest BCUT2D eigenvalue weighted by Crippen LogP contribution is 2.26. The summed E-state index contributed by atoms with van der Waals surface area (Å²) in [5, 5.41) is 13.5. The zero-order valence-corrected chi connectivity index (χ0v) is 14.2. The van der Waals surface area contributed by atoms with Crippen molar-refractivity contribution >= 4 is 33.7 Å². The average molecular weight is 362 g/mol. The molecule has 7 heteroatoms. The van der Waals surface area contributed by atoms with Gasteiger partial charge in [0.15, 0.2) is 0 Å². The molecule has 112 valence electrons. The number of thioether (sulfide) groups is 1. The Morgan fingerprint density at radius 3 is 3.00 bits per heavy atom. The highest BCUT2D eigenvalue weighted by Gasteiger charge is 2.27. The largest absolute Gasteiger partial charge is 0.481 e. The number of rotatable bonds is 5. The first-order valence-electron chi connectivity index (χ1n) is 6.78. The molecule has 1 aromatic rings. The Labute approximate surface area is 131 Å². The summed E-state index contributed by atoms with van der Waals surface area (Å²) in [6.07, 6.45) is 0.212. The molecule has 0 aromatic carbocycles. The molecule has 1 aromatic heterocycles. The SMILES string of the molecule is CCn1nc(C)c(Br)c1CN1CCSCC1CC(=O)O. The molecule has 5 nitrogen and oxygen atoms in total. The number of aliphatic carboxylic acids is 1. The molecule has 1 atom stereocenters. The molecule has 0 bridgehead atoms. The summed E-state index contributed by atoms with van der Waals surface area (Å²) >= 11 is 5.45. The molecule has 1 unspecified atom stereocenters. The average Bonchev–Trinajstić information content (AvgIpc) is 2.68. The molecule has 0 spiro atoms. The van der Waals surface area contributed by atoms with Gasteiger partial charge in [0.2, 0.25) is 0 Å². The van der Waals surface area contributed by atoms with Crippen molar-refractivity contribution in [3.05, 3.63) is 15.9 Å². The van der Waals surface area contributed by atoms with Gasteiger partial charge in [-0.05, 0) is 29.8 Å². The molecule has 1 aliphatic rings. The number of carboxylic acid groups (broad SMARTS) is 1. The Balaban J connectivity index is 2.16. The highest BCUT2D eigenvalue weighted by molar-refractivity contribution is 9.10. The molecule has 2 rings (SSSR count). The van der Waals surface area contributed by atoms with Crippen LogP contribution in [0.15, 0.2) is 4.47 Å². The zero-order valence-electron chi connectivity index (χ0n) is 11.8. The standard InChI is InChI=1S/C13H20BrN3O2S/c1-3-17-11(13(14)9(2)15-17)7-16-4-5-20-8-10(16)6-12(18)19/h10H,3-8H2,1-2H3,(H,18,19). The maximum Gasteiger partial charge on any atom is 0.304 e. The molecular weight excluding hydrogens is 342 g/mol. The van der Waals surface area contributed by atoms with Crippen LogP contribution < -0.4 is 0 Å². The summed E-state index contributed by atoms with van der Waals surface area (Å²) in [6, 6.07) is 0.110. The van der Waals surface area contributed by atoms with Gasteiger partial charge in [-0.3, -0.25) is 14.4 Å².